The molecule has 5 heteroatoms. The van der Waals surface area contributed by atoms with Gasteiger partial charge < -0.3 is 0 Å². The maximum absolute atomic E-state index is 12.0. The van der Waals surface area contributed by atoms with E-state index in [2.05, 4.69) is 10.5 Å². The molecule has 1 aliphatic rings. The molecule has 1 amide bonds. The van der Waals surface area contributed by atoms with Gasteiger partial charge in [-0.25, -0.2) is 5.43 Å². The second kappa shape index (κ2) is 6.51. The van der Waals surface area contributed by atoms with Gasteiger partial charge >= 0.3 is 0 Å². The molecule has 2 aromatic carbocycles. The number of halogens is 2. The van der Waals surface area contributed by atoms with Crippen molar-refractivity contribution in [2.75, 3.05) is 0 Å². The molecule has 0 spiro atoms. The van der Waals surface area contributed by atoms with Crippen molar-refractivity contribution in [3.8, 4) is 0 Å². The van der Waals surface area contributed by atoms with Gasteiger partial charge in [0.15, 0.2) is 0 Å². The summed E-state index contributed by atoms with van der Waals surface area (Å²) in [5.74, 6) is 0.226. The molecule has 0 saturated heterocycles. The molecule has 2 atom stereocenters. The van der Waals surface area contributed by atoms with Crippen molar-refractivity contribution >= 4 is 35.3 Å². The van der Waals surface area contributed by atoms with E-state index in [1.54, 1.807) is 18.2 Å². The minimum absolute atomic E-state index is 0.00520. The van der Waals surface area contributed by atoms with E-state index in [1.165, 1.54) is 11.8 Å². The average molecular weight is 333 g/mol. The Kier molecular flexibility index (Phi) is 4.46. The maximum atomic E-state index is 12.0. The minimum Gasteiger partial charge on any atom is -0.273 e. The van der Waals surface area contributed by atoms with Crippen LogP contribution in [-0.2, 0) is 4.79 Å². The van der Waals surface area contributed by atoms with Crippen LogP contribution in [0.2, 0.25) is 10.0 Å². The molecule has 0 aromatic heterocycles. The first-order valence-corrected chi connectivity index (χ1v) is 7.74. The monoisotopic (exact) mass is 332 g/mol. The normalized spacial score (nSPS) is 20.1. The molecule has 0 radical (unpaired) electrons. The summed E-state index contributed by atoms with van der Waals surface area (Å²) in [5.41, 5.74) is 4.44. The highest BCUT2D eigenvalue weighted by Crippen LogP contribution is 2.47. The fourth-order valence-corrected chi connectivity index (χ4v) is 2.78. The molecule has 0 heterocycles. The van der Waals surface area contributed by atoms with Gasteiger partial charge in [0.25, 0.3) is 0 Å². The Morgan fingerprint density at radius 3 is 2.68 bits per heavy atom. The summed E-state index contributed by atoms with van der Waals surface area (Å²) >= 11 is 12.0. The highest BCUT2D eigenvalue weighted by atomic mass is 35.5. The van der Waals surface area contributed by atoms with E-state index in [-0.39, 0.29) is 11.8 Å². The fourth-order valence-electron chi connectivity index (χ4n) is 2.42. The summed E-state index contributed by atoms with van der Waals surface area (Å²) in [6, 6.07) is 15.3. The SMILES string of the molecule is O=C(N/N=C/c1cccc(Cl)c1Cl)C1CC1c1ccccc1. The van der Waals surface area contributed by atoms with Crippen molar-refractivity contribution in [1.29, 1.82) is 0 Å². The molecule has 3 rings (SSSR count). The van der Waals surface area contributed by atoms with Gasteiger partial charge in [0.2, 0.25) is 5.91 Å². The number of nitrogens with zero attached hydrogens (tertiary/aromatic N) is 1. The van der Waals surface area contributed by atoms with E-state index >= 15 is 0 Å². The van der Waals surface area contributed by atoms with E-state index in [1.807, 2.05) is 30.3 Å². The fraction of sp³-hybridized carbons (Fsp3) is 0.176. The van der Waals surface area contributed by atoms with Gasteiger partial charge in [-0.15, -0.1) is 0 Å². The summed E-state index contributed by atoms with van der Waals surface area (Å²) in [6.45, 7) is 0. The lowest BCUT2D eigenvalue weighted by Gasteiger charge is -2.01. The van der Waals surface area contributed by atoms with Crippen molar-refractivity contribution in [3.05, 3.63) is 69.7 Å². The van der Waals surface area contributed by atoms with Crippen molar-refractivity contribution in [1.82, 2.24) is 5.43 Å². The van der Waals surface area contributed by atoms with Crippen molar-refractivity contribution in [2.45, 2.75) is 12.3 Å². The zero-order valence-electron chi connectivity index (χ0n) is 11.7. The Morgan fingerprint density at radius 2 is 1.91 bits per heavy atom. The van der Waals surface area contributed by atoms with Crippen LogP contribution in [0.3, 0.4) is 0 Å². The number of carbonyl (C=O) groups excluding carboxylic acids is 1. The number of benzene rings is 2. The van der Waals surface area contributed by atoms with Crippen LogP contribution in [0.25, 0.3) is 0 Å². The third-order valence-corrected chi connectivity index (χ3v) is 4.55. The Balaban J connectivity index is 1.58. The number of hydrogen-bond donors (Lipinski definition) is 1. The zero-order chi connectivity index (χ0) is 15.5. The molecular formula is C17H14Cl2N2O. The van der Waals surface area contributed by atoms with Gasteiger partial charge in [-0.2, -0.15) is 5.10 Å². The van der Waals surface area contributed by atoms with Crippen LogP contribution in [-0.4, -0.2) is 12.1 Å². The second-order valence-corrected chi connectivity index (χ2v) is 6.02. The lowest BCUT2D eigenvalue weighted by molar-refractivity contribution is -0.122. The summed E-state index contributed by atoms with van der Waals surface area (Å²) < 4.78 is 0. The van der Waals surface area contributed by atoms with Crippen LogP contribution in [0.15, 0.2) is 53.6 Å². The number of hydrazone groups is 1. The predicted molar refractivity (Wildman–Crippen MR) is 89.5 cm³/mol. The summed E-state index contributed by atoms with van der Waals surface area (Å²) in [5, 5.41) is 4.85. The van der Waals surface area contributed by atoms with Crippen molar-refractivity contribution < 1.29 is 4.79 Å². The topological polar surface area (TPSA) is 41.5 Å². The molecule has 3 nitrogen and oxygen atoms in total. The molecule has 0 bridgehead atoms. The second-order valence-electron chi connectivity index (χ2n) is 5.24. The molecule has 22 heavy (non-hydrogen) atoms. The number of amides is 1. The van der Waals surface area contributed by atoms with Gasteiger partial charge in [0.05, 0.1) is 16.3 Å². The third-order valence-electron chi connectivity index (χ3n) is 3.71. The molecule has 1 aliphatic carbocycles. The minimum atomic E-state index is -0.0664. The first kappa shape index (κ1) is 15.1. The van der Waals surface area contributed by atoms with E-state index in [9.17, 15) is 4.79 Å². The Morgan fingerprint density at radius 1 is 1.14 bits per heavy atom. The van der Waals surface area contributed by atoms with E-state index in [0.717, 1.165) is 6.42 Å². The number of hydrogen-bond acceptors (Lipinski definition) is 2. The molecule has 1 fully saturated rings. The van der Waals surface area contributed by atoms with Crippen LogP contribution in [0.4, 0.5) is 0 Å². The Bertz CT molecular complexity index is 716. The standard InChI is InChI=1S/C17H14Cl2N2O/c18-15-8-4-7-12(16(15)19)10-20-21-17(22)14-9-13(14)11-5-2-1-3-6-11/h1-8,10,13-14H,9H2,(H,21,22)/b20-10+. The summed E-state index contributed by atoms with van der Waals surface area (Å²) in [6.07, 6.45) is 2.37. The maximum Gasteiger partial charge on any atom is 0.243 e. The van der Waals surface area contributed by atoms with Crippen LogP contribution < -0.4 is 5.43 Å². The number of nitrogens with one attached hydrogen (secondary N) is 1. The largest absolute Gasteiger partial charge is 0.273 e. The first-order valence-electron chi connectivity index (χ1n) is 6.98. The molecule has 2 aromatic rings. The molecule has 112 valence electrons. The number of rotatable bonds is 4. The number of carbonyl (C=O) groups is 1. The molecule has 2 unspecified atom stereocenters. The smallest absolute Gasteiger partial charge is 0.243 e. The first-order chi connectivity index (χ1) is 10.7. The molecule has 1 saturated carbocycles. The van der Waals surface area contributed by atoms with Gasteiger partial charge in [0.1, 0.15) is 0 Å². The van der Waals surface area contributed by atoms with E-state index < -0.39 is 0 Å². The van der Waals surface area contributed by atoms with Gasteiger partial charge in [-0.3, -0.25) is 4.79 Å². The Labute approximate surface area is 138 Å². The van der Waals surface area contributed by atoms with Gasteiger partial charge in [-0.05, 0) is 24.0 Å². The quantitative estimate of drug-likeness (QED) is 0.660. The summed E-state index contributed by atoms with van der Waals surface area (Å²) in [7, 11) is 0. The van der Waals surface area contributed by atoms with Crippen LogP contribution in [0.1, 0.15) is 23.5 Å². The zero-order valence-corrected chi connectivity index (χ0v) is 13.2. The highest BCUT2D eigenvalue weighted by molar-refractivity contribution is 6.43. The third kappa shape index (κ3) is 3.32. The summed E-state index contributed by atoms with van der Waals surface area (Å²) in [4.78, 5) is 12.0. The average Bonchev–Trinajstić information content (AvgIpc) is 3.33. The van der Waals surface area contributed by atoms with Gasteiger partial charge in [0, 0.05) is 11.5 Å². The van der Waals surface area contributed by atoms with E-state index in [4.69, 9.17) is 23.2 Å². The molecule has 0 aliphatic heterocycles. The lowest BCUT2D eigenvalue weighted by atomic mass is 10.1. The van der Waals surface area contributed by atoms with E-state index in [0.29, 0.717) is 21.5 Å². The van der Waals surface area contributed by atoms with Crippen LogP contribution in [0.5, 0.6) is 0 Å². The van der Waals surface area contributed by atoms with Crippen molar-refractivity contribution in [2.24, 2.45) is 11.0 Å². The molecular weight excluding hydrogens is 319 g/mol. The van der Waals surface area contributed by atoms with Gasteiger partial charge in [-0.1, -0.05) is 65.7 Å². The predicted octanol–water partition coefficient (Wildman–Crippen LogP) is 4.25. The van der Waals surface area contributed by atoms with Crippen molar-refractivity contribution in [3.63, 3.8) is 0 Å². The highest BCUT2D eigenvalue weighted by Gasteiger charge is 2.43. The van der Waals surface area contributed by atoms with Crippen LogP contribution >= 0.6 is 23.2 Å². The lowest BCUT2D eigenvalue weighted by Crippen LogP contribution is -2.20. The molecule has 1 N–H and O–H groups in total. The van der Waals surface area contributed by atoms with Crippen LogP contribution in [0, 0.1) is 5.92 Å². The Hall–Kier alpha value is -1.84.